The summed E-state index contributed by atoms with van der Waals surface area (Å²) >= 11 is 0. The van der Waals surface area contributed by atoms with Gasteiger partial charge in [-0.3, -0.25) is 5.10 Å². The minimum Gasteiger partial charge on any atom is -0.285 e. The van der Waals surface area contributed by atoms with Crippen molar-refractivity contribution in [3.63, 3.8) is 0 Å². The van der Waals surface area contributed by atoms with Gasteiger partial charge >= 0.3 is 0 Å². The van der Waals surface area contributed by atoms with Gasteiger partial charge in [0, 0.05) is 11.8 Å². The van der Waals surface area contributed by atoms with Crippen LogP contribution in [0.3, 0.4) is 0 Å². The lowest BCUT2D eigenvalue weighted by molar-refractivity contribution is 1.09. The molecule has 2 heteroatoms. The van der Waals surface area contributed by atoms with E-state index in [-0.39, 0.29) is 0 Å². The van der Waals surface area contributed by atoms with Gasteiger partial charge < -0.3 is 0 Å². The molecule has 0 aliphatic heterocycles. The van der Waals surface area contributed by atoms with Crippen LogP contribution in [0.4, 0.5) is 0 Å². The van der Waals surface area contributed by atoms with Gasteiger partial charge in [-0.25, -0.2) is 0 Å². The van der Waals surface area contributed by atoms with E-state index in [0.29, 0.717) is 0 Å². The molecule has 1 aromatic carbocycles. The van der Waals surface area contributed by atoms with Crippen molar-refractivity contribution in [2.24, 2.45) is 0 Å². The summed E-state index contributed by atoms with van der Waals surface area (Å²) in [6.45, 7) is 2.16. The molecule has 0 spiro atoms. The van der Waals surface area contributed by atoms with E-state index in [4.69, 9.17) is 0 Å². The summed E-state index contributed by atoms with van der Waals surface area (Å²) in [6.07, 6.45) is 4.83. The average molecular weight is 172 g/mol. The van der Waals surface area contributed by atoms with E-state index >= 15 is 0 Å². The first-order valence-electron chi connectivity index (χ1n) is 4.48. The van der Waals surface area contributed by atoms with Crippen LogP contribution in [0.15, 0.2) is 36.7 Å². The van der Waals surface area contributed by atoms with E-state index < -0.39 is 0 Å². The number of hydrogen-bond donors (Lipinski definition) is 1. The molecule has 0 fully saturated rings. The quantitative estimate of drug-likeness (QED) is 0.741. The molecule has 1 heterocycles. The lowest BCUT2D eigenvalue weighted by atomic mass is 10.1. The van der Waals surface area contributed by atoms with Crippen molar-refractivity contribution in [3.05, 3.63) is 42.2 Å². The van der Waals surface area contributed by atoms with Crippen LogP contribution < -0.4 is 0 Å². The average Bonchev–Trinajstić information content (AvgIpc) is 2.71. The first kappa shape index (κ1) is 8.05. The SMILES string of the molecule is CCc1cccc(-c2cn[nH]c2)c1. The monoisotopic (exact) mass is 172 g/mol. The fourth-order valence-electron chi connectivity index (χ4n) is 1.38. The highest BCUT2D eigenvalue weighted by molar-refractivity contribution is 5.62. The molecule has 0 aliphatic rings. The molecule has 0 aliphatic carbocycles. The van der Waals surface area contributed by atoms with Crippen molar-refractivity contribution in [2.75, 3.05) is 0 Å². The predicted molar refractivity (Wildman–Crippen MR) is 53.4 cm³/mol. The van der Waals surface area contributed by atoms with E-state index in [2.05, 4.69) is 41.4 Å². The minimum atomic E-state index is 1.08. The normalized spacial score (nSPS) is 10.2. The number of nitrogens with zero attached hydrogens (tertiary/aromatic N) is 1. The maximum atomic E-state index is 3.93. The van der Waals surface area contributed by atoms with Crippen molar-refractivity contribution < 1.29 is 0 Å². The Bertz CT molecular complexity index is 377. The second-order valence-corrected chi connectivity index (χ2v) is 3.04. The smallest absolute Gasteiger partial charge is 0.0565 e. The van der Waals surface area contributed by atoms with Crippen LogP contribution in [0.1, 0.15) is 12.5 Å². The Morgan fingerprint density at radius 2 is 2.23 bits per heavy atom. The van der Waals surface area contributed by atoms with Crippen LogP contribution in [0.2, 0.25) is 0 Å². The third-order valence-corrected chi connectivity index (χ3v) is 2.17. The molecule has 2 aromatic rings. The van der Waals surface area contributed by atoms with Crippen molar-refractivity contribution in [2.45, 2.75) is 13.3 Å². The summed E-state index contributed by atoms with van der Waals surface area (Å²) in [5.74, 6) is 0. The van der Waals surface area contributed by atoms with Crippen LogP contribution in [-0.2, 0) is 6.42 Å². The molecule has 1 aromatic heterocycles. The zero-order valence-electron chi connectivity index (χ0n) is 7.62. The van der Waals surface area contributed by atoms with Crippen LogP contribution in [-0.4, -0.2) is 10.2 Å². The Hall–Kier alpha value is -1.57. The van der Waals surface area contributed by atoms with E-state index in [0.717, 1.165) is 12.0 Å². The second-order valence-electron chi connectivity index (χ2n) is 3.04. The maximum absolute atomic E-state index is 3.93. The Morgan fingerprint density at radius 3 is 2.92 bits per heavy atom. The van der Waals surface area contributed by atoms with Gasteiger partial charge in [-0.05, 0) is 17.5 Å². The van der Waals surface area contributed by atoms with Gasteiger partial charge in [-0.1, -0.05) is 31.2 Å². The van der Waals surface area contributed by atoms with Crippen LogP contribution in [0.5, 0.6) is 0 Å². The first-order chi connectivity index (χ1) is 6.40. The van der Waals surface area contributed by atoms with Gasteiger partial charge in [-0.15, -0.1) is 0 Å². The molecular weight excluding hydrogens is 160 g/mol. The number of aromatic nitrogens is 2. The molecular formula is C11H12N2. The van der Waals surface area contributed by atoms with Crippen LogP contribution in [0, 0.1) is 0 Å². The molecule has 13 heavy (non-hydrogen) atoms. The summed E-state index contributed by atoms with van der Waals surface area (Å²) in [6, 6.07) is 8.53. The molecule has 0 saturated heterocycles. The number of benzene rings is 1. The topological polar surface area (TPSA) is 28.7 Å². The highest BCUT2D eigenvalue weighted by atomic mass is 15.1. The number of nitrogens with one attached hydrogen (secondary N) is 1. The first-order valence-corrected chi connectivity index (χ1v) is 4.48. The van der Waals surface area contributed by atoms with Gasteiger partial charge in [0.25, 0.3) is 0 Å². The Balaban J connectivity index is 2.41. The lowest BCUT2D eigenvalue weighted by Gasteiger charge is -1.99. The fourth-order valence-corrected chi connectivity index (χ4v) is 1.38. The van der Waals surface area contributed by atoms with Crippen molar-refractivity contribution in [3.8, 4) is 11.1 Å². The van der Waals surface area contributed by atoms with Crippen molar-refractivity contribution >= 4 is 0 Å². The zero-order chi connectivity index (χ0) is 9.10. The second kappa shape index (κ2) is 3.44. The van der Waals surface area contributed by atoms with Crippen molar-refractivity contribution in [1.82, 2.24) is 10.2 Å². The Morgan fingerprint density at radius 1 is 1.31 bits per heavy atom. The fraction of sp³-hybridized carbons (Fsp3) is 0.182. The summed E-state index contributed by atoms with van der Waals surface area (Å²) in [7, 11) is 0. The predicted octanol–water partition coefficient (Wildman–Crippen LogP) is 2.64. The largest absolute Gasteiger partial charge is 0.285 e. The lowest BCUT2D eigenvalue weighted by Crippen LogP contribution is -1.80. The van der Waals surface area contributed by atoms with E-state index in [1.54, 1.807) is 0 Å². The summed E-state index contributed by atoms with van der Waals surface area (Å²) in [5, 5.41) is 6.74. The maximum Gasteiger partial charge on any atom is 0.0565 e. The zero-order valence-corrected chi connectivity index (χ0v) is 7.62. The van der Waals surface area contributed by atoms with Gasteiger partial charge in [0.15, 0.2) is 0 Å². The molecule has 66 valence electrons. The van der Waals surface area contributed by atoms with Gasteiger partial charge in [-0.2, -0.15) is 5.10 Å². The van der Waals surface area contributed by atoms with E-state index in [9.17, 15) is 0 Å². The van der Waals surface area contributed by atoms with Crippen LogP contribution in [0.25, 0.3) is 11.1 Å². The molecule has 0 saturated carbocycles. The van der Waals surface area contributed by atoms with E-state index in [1.165, 1.54) is 11.1 Å². The van der Waals surface area contributed by atoms with Crippen molar-refractivity contribution in [1.29, 1.82) is 0 Å². The highest BCUT2D eigenvalue weighted by Crippen LogP contribution is 2.18. The van der Waals surface area contributed by atoms with E-state index in [1.807, 2.05) is 12.4 Å². The number of aromatic amines is 1. The number of rotatable bonds is 2. The summed E-state index contributed by atoms with van der Waals surface area (Å²) in [5.41, 5.74) is 3.74. The molecule has 2 nitrogen and oxygen atoms in total. The van der Waals surface area contributed by atoms with Gasteiger partial charge in [0.05, 0.1) is 6.20 Å². The molecule has 1 N–H and O–H groups in total. The molecule has 0 radical (unpaired) electrons. The molecule has 2 rings (SSSR count). The van der Waals surface area contributed by atoms with Gasteiger partial charge in [0.2, 0.25) is 0 Å². The third kappa shape index (κ3) is 1.61. The minimum absolute atomic E-state index is 1.08. The summed E-state index contributed by atoms with van der Waals surface area (Å²) < 4.78 is 0. The van der Waals surface area contributed by atoms with Crippen LogP contribution >= 0.6 is 0 Å². The summed E-state index contributed by atoms with van der Waals surface area (Å²) in [4.78, 5) is 0. The number of hydrogen-bond acceptors (Lipinski definition) is 1. The molecule has 0 unspecified atom stereocenters. The number of H-pyrrole nitrogens is 1. The molecule has 0 amide bonds. The number of aryl methyl sites for hydroxylation is 1. The standard InChI is InChI=1S/C11H12N2/c1-2-9-4-3-5-10(6-9)11-7-12-13-8-11/h3-8H,2H2,1H3,(H,12,13). The molecule has 0 bridgehead atoms. The third-order valence-electron chi connectivity index (χ3n) is 2.17. The highest BCUT2D eigenvalue weighted by Gasteiger charge is 1.98. The molecule has 0 atom stereocenters. The Labute approximate surface area is 77.6 Å². The Kier molecular flexibility index (Phi) is 2.13. The van der Waals surface area contributed by atoms with Gasteiger partial charge in [0.1, 0.15) is 0 Å².